The summed E-state index contributed by atoms with van der Waals surface area (Å²) in [6, 6.07) is 12.9. The highest BCUT2D eigenvalue weighted by Gasteiger charge is 2.12. The molecule has 0 saturated heterocycles. The van der Waals surface area contributed by atoms with Crippen LogP contribution in [0.2, 0.25) is 0 Å². The second-order valence-electron chi connectivity index (χ2n) is 5.09. The number of nitrogens with zero attached hydrogens (tertiary/aromatic N) is 2. The van der Waals surface area contributed by atoms with Gasteiger partial charge in [-0.25, -0.2) is 4.68 Å². The van der Waals surface area contributed by atoms with E-state index in [2.05, 4.69) is 27.6 Å². The lowest BCUT2D eigenvalue weighted by Gasteiger charge is -2.11. The van der Waals surface area contributed by atoms with Crippen LogP contribution in [-0.4, -0.2) is 16.9 Å². The van der Waals surface area contributed by atoms with Gasteiger partial charge in [-0.3, -0.25) is 4.79 Å². The molecule has 0 aliphatic heterocycles. The summed E-state index contributed by atoms with van der Waals surface area (Å²) in [7, 11) is 1.61. The second-order valence-corrected chi connectivity index (χ2v) is 6.01. The molecule has 0 saturated carbocycles. The monoisotopic (exact) mass is 386 g/mol. The van der Waals surface area contributed by atoms with Crippen molar-refractivity contribution in [1.29, 1.82) is 0 Å². The van der Waals surface area contributed by atoms with Crippen LogP contribution in [0.25, 0.3) is 10.8 Å². The van der Waals surface area contributed by atoms with Gasteiger partial charge in [0.2, 0.25) is 5.88 Å². The highest BCUT2D eigenvalue weighted by atomic mass is 79.9. The van der Waals surface area contributed by atoms with Gasteiger partial charge in [-0.15, -0.1) is 5.10 Å². The van der Waals surface area contributed by atoms with Crippen molar-refractivity contribution in [1.82, 2.24) is 9.78 Å². The van der Waals surface area contributed by atoms with Gasteiger partial charge in [0.05, 0.1) is 30.7 Å². The molecule has 0 fully saturated rings. The van der Waals surface area contributed by atoms with E-state index in [4.69, 9.17) is 9.47 Å². The highest BCUT2D eigenvalue weighted by Crippen LogP contribution is 2.24. The third kappa shape index (κ3) is 3.19. The fourth-order valence-electron chi connectivity index (χ4n) is 2.40. The van der Waals surface area contributed by atoms with E-state index in [1.54, 1.807) is 19.2 Å². The minimum Gasteiger partial charge on any atom is -0.497 e. The van der Waals surface area contributed by atoms with Gasteiger partial charge in [-0.2, -0.15) is 0 Å². The number of aromatic nitrogens is 2. The first-order chi connectivity index (χ1) is 11.6. The molecule has 0 atom stereocenters. The Morgan fingerprint density at radius 1 is 1.21 bits per heavy atom. The Morgan fingerprint density at radius 2 is 1.96 bits per heavy atom. The molecule has 6 heteroatoms. The predicted molar refractivity (Wildman–Crippen MR) is 96.6 cm³/mol. The molecule has 0 N–H and O–H groups in total. The molecule has 0 bridgehead atoms. The van der Waals surface area contributed by atoms with Gasteiger partial charge in [0.15, 0.2) is 0 Å². The van der Waals surface area contributed by atoms with Gasteiger partial charge in [-0.05, 0) is 35.9 Å². The maximum Gasteiger partial charge on any atom is 0.275 e. The van der Waals surface area contributed by atoms with Crippen LogP contribution in [0.3, 0.4) is 0 Å². The topological polar surface area (TPSA) is 53.4 Å². The van der Waals surface area contributed by atoms with Crippen molar-refractivity contribution >= 4 is 26.7 Å². The Kier molecular flexibility index (Phi) is 4.66. The molecular weight excluding hydrogens is 372 g/mol. The van der Waals surface area contributed by atoms with Crippen molar-refractivity contribution in [2.45, 2.75) is 6.54 Å². The molecular formula is C18H15BrN2O3. The van der Waals surface area contributed by atoms with Crippen molar-refractivity contribution in [3.05, 3.63) is 75.7 Å². The molecule has 0 aliphatic carbocycles. The van der Waals surface area contributed by atoms with E-state index < -0.39 is 0 Å². The Morgan fingerprint density at radius 3 is 2.62 bits per heavy atom. The van der Waals surface area contributed by atoms with E-state index in [-0.39, 0.29) is 5.56 Å². The van der Waals surface area contributed by atoms with E-state index in [1.165, 1.54) is 10.9 Å². The van der Waals surface area contributed by atoms with Crippen molar-refractivity contribution in [3.63, 3.8) is 0 Å². The van der Waals surface area contributed by atoms with E-state index in [9.17, 15) is 4.79 Å². The summed E-state index contributed by atoms with van der Waals surface area (Å²) in [4.78, 5) is 12.7. The zero-order valence-corrected chi connectivity index (χ0v) is 14.6. The number of methoxy groups -OCH3 is 1. The molecule has 0 amide bonds. The first-order valence-electron chi connectivity index (χ1n) is 7.23. The molecule has 2 aromatic carbocycles. The second kappa shape index (κ2) is 6.88. The van der Waals surface area contributed by atoms with E-state index in [1.807, 2.05) is 30.3 Å². The van der Waals surface area contributed by atoms with Crippen LogP contribution in [-0.2, 0) is 6.54 Å². The average molecular weight is 387 g/mol. The number of ether oxygens (including phenoxy) is 2. The quantitative estimate of drug-likeness (QED) is 0.626. The molecule has 0 radical (unpaired) electrons. The van der Waals surface area contributed by atoms with Gasteiger partial charge >= 0.3 is 0 Å². The number of hydrogen-bond donors (Lipinski definition) is 0. The maximum atomic E-state index is 12.7. The number of benzene rings is 2. The Hall–Kier alpha value is -2.60. The lowest BCUT2D eigenvalue weighted by atomic mass is 10.2. The van der Waals surface area contributed by atoms with Crippen LogP contribution in [0.15, 0.2) is 64.6 Å². The standard InChI is InChI=1S/C18H15BrN2O3/c1-3-24-17-16-10-13(19)6-9-15(16)18(22)21(20-17)11-12-4-7-14(23-2)8-5-12/h3-10H,1,11H2,2H3. The number of halogens is 1. The number of rotatable bonds is 5. The normalized spacial score (nSPS) is 10.6. The van der Waals surface area contributed by atoms with Crippen LogP contribution in [0, 0.1) is 0 Å². The molecule has 3 rings (SSSR count). The zero-order valence-electron chi connectivity index (χ0n) is 13.0. The lowest BCUT2D eigenvalue weighted by Crippen LogP contribution is -2.24. The molecule has 1 heterocycles. The minimum absolute atomic E-state index is 0.176. The minimum atomic E-state index is -0.176. The average Bonchev–Trinajstić information content (AvgIpc) is 2.59. The van der Waals surface area contributed by atoms with Crippen LogP contribution in [0.1, 0.15) is 5.56 Å². The summed E-state index contributed by atoms with van der Waals surface area (Å²) in [5, 5.41) is 5.51. The van der Waals surface area contributed by atoms with Crippen molar-refractivity contribution in [2.75, 3.05) is 7.11 Å². The first kappa shape index (κ1) is 16.3. The highest BCUT2D eigenvalue weighted by molar-refractivity contribution is 9.10. The molecule has 1 aromatic heterocycles. The molecule has 5 nitrogen and oxygen atoms in total. The Labute approximate surface area is 147 Å². The fourth-order valence-corrected chi connectivity index (χ4v) is 2.77. The third-order valence-corrected chi connectivity index (χ3v) is 4.07. The maximum absolute atomic E-state index is 12.7. The third-order valence-electron chi connectivity index (χ3n) is 3.57. The molecule has 24 heavy (non-hydrogen) atoms. The van der Waals surface area contributed by atoms with E-state index in [0.29, 0.717) is 23.2 Å². The smallest absolute Gasteiger partial charge is 0.275 e. The molecule has 0 spiro atoms. The van der Waals surface area contributed by atoms with Gasteiger partial charge in [0.1, 0.15) is 5.75 Å². The van der Waals surface area contributed by atoms with E-state index >= 15 is 0 Å². The van der Waals surface area contributed by atoms with Crippen molar-refractivity contribution in [2.24, 2.45) is 0 Å². The Balaban J connectivity index is 2.09. The first-order valence-corrected chi connectivity index (χ1v) is 8.02. The summed E-state index contributed by atoms with van der Waals surface area (Å²) < 4.78 is 12.8. The summed E-state index contributed by atoms with van der Waals surface area (Å²) >= 11 is 3.40. The van der Waals surface area contributed by atoms with Gasteiger partial charge in [-0.1, -0.05) is 34.6 Å². The summed E-state index contributed by atoms with van der Waals surface area (Å²) in [5.41, 5.74) is 0.760. The zero-order chi connectivity index (χ0) is 17.1. The van der Waals surface area contributed by atoms with Gasteiger partial charge < -0.3 is 9.47 Å². The molecule has 0 aliphatic rings. The van der Waals surface area contributed by atoms with Crippen molar-refractivity contribution < 1.29 is 9.47 Å². The van der Waals surface area contributed by atoms with Crippen molar-refractivity contribution in [3.8, 4) is 11.6 Å². The summed E-state index contributed by atoms with van der Waals surface area (Å²) in [5.74, 6) is 1.10. The largest absolute Gasteiger partial charge is 0.497 e. The van der Waals surface area contributed by atoms with Crippen LogP contribution < -0.4 is 15.0 Å². The molecule has 3 aromatic rings. The van der Waals surface area contributed by atoms with E-state index in [0.717, 1.165) is 15.8 Å². The molecule has 0 unspecified atom stereocenters. The molecule has 122 valence electrons. The summed E-state index contributed by atoms with van der Waals surface area (Å²) in [6.07, 6.45) is 1.30. The van der Waals surface area contributed by atoms with Gasteiger partial charge in [0.25, 0.3) is 5.56 Å². The van der Waals surface area contributed by atoms with Crippen LogP contribution in [0.5, 0.6) is 11.6 Å². The fraction of sp³-hybridized carbons (Fsp3) is 0.111. The lowest BCUT2D eigenvalue weighted by molar-refractivity contribution is 0.414. The number of fused-ring (bicyclic) bond motifs is 1. The van der Waals surface area contributed by atoms with Crippen LogP contribution in [0.4, 0.5) is 0 Å². The SMILES string of the molecule is C=COc1nn(Cc2ccc(OC)cc2)c(=O)c2ccc(Br)cc12. The van der Waals surface area contributed by atoms with Crippen LogP contribution >= 0.6 is 15.9 Å². The van der Waals surface area contributed by atoms with Gasteiger partial charge in [0, 0.05) is 4.47 Å². The Bertz CT molecular complexity index is 949. The summed E-state index contributed by atoms with van der Waals surface area (Å²) in [6.45, 7) is 3.90. The number of hydrogen-bond acceptors (Lipinski definition) is 4. The predicted octanol–water partition coefficient (Wildman–Crippen LogP) is 3.74.